The summed E-state index contributed by atoms with van der Waals surface area (Å²) in [6, 6.07) is 6.04. The number of allylic oxidation sites excluding steroid dienone is 1. The number of hydrogen-bond acceptors (Lipinski definition) is 3. The molecule has 4 heteroatoms. The maximum atomic E-state index is 12.1. The van der Waals surface area contributed by atoms with E-state index in [-0.39, 0.29) is 5.91 Å². The number of carbonyl (C=O) groups is 1. The van der Waals surface area contributed by atoms with Crippen LogP contribution in [0.15, 0.2) is 23.9 Å². The number of carbonyl (C=O) groups excluding carboxylic acids is 1. The fourth-order valence-electron chi connectivity index (χ4n) is 3.01. The van der Waals surface area contributed by atoms with Crippen LogP contribution in [0.4, 0.5) is 11.4 Å². The molecule has 0 saturated heterocycles. The van der Waals surface area contributed by atoms with E-state index in [1.54, 1.807) is 0 Å². The Morgan fingerprint density at radius 2 is 2.11 bits per heavy atom. The van der Waals surface area contributed by atoms with E-state index < -0.39 is 0 Å². The fourth-order valence-corrected chi connectivity index (χ4v) is 3.01. The second-order valence-electron chi connectivity index (χ2n) is 5.38. The molecule has 2 aliphatic rings. The Morgan fingerprint density at radius 3 is 2.84 bits per heavy atom. The third-order valence-corrected chi connectivity index (χ3v) is 3.94. The molecule has 3 rings (SSSR count). The van der Waals surface area contributed by atoms with E-state index >= 15 is 0 Å². The van der Waals surface area contributed by atoms with Crippen LogP contribution in [0.25, 0.3) is 5.57 Å². The van der Waals surface area contributed by atoms with Crippen molar-refractivity contribution in [3.8, 4) is 0 Å². The molecule has 1 aliphatic heterocycles. The molecule has 1 heterocycles. The van der Waals surface area contributed by atoms with Gasteiger partial charge in [-0.15, -0.1) is 0 Å². The first-order chi connectivity index (χ1) is 9.15. The van der Waals surface area contributed by atoms with Crippen LogP contribution in [0.1, 0.15) is 38.2 Å². The van der Waals surface area contributed by atoms with Crippen LogP contribution in [0.5, 0.6) is 0 Å². The number of benzene rings is 1. The summed E-state index contributed by atoms with van der Waals surface area (Å²) < 4.78 is 0. The molecule has 1 aromatic carbocycles. The van der Waals surface area contributed by atoms with Crippen molar-refractivity contribution in [3.63, 3.8) is 0 Å². The van der Waals surface area contributed by atoms with Crippen molar-refractivity contribution < 1.29 is 4.79 Å². The average molecular weight is 257 g/mol. The number of anilines is 2. The lowest BCUT2D eigenvalue weighted by atomic mass is 10.0. The number of rotatable bonds is 2. The van der Waals surface area contributed by atoms with Crippen LogP contribution >= 0.6 is 0 Å². The van der Waals surface area contributed by atoms with E-state index in [9.17, 15) is 4.79 Å². The van der Waals surface area contributed by atoms with E-state index in [4.69, 9.17) is 5.73 Å². The lowest BCUT2D eigenvalue weighted by Crippen LogP contribution is -2.25. The second-order valence-corrected chi connectivity index (χ2v) is 5.38. The van der Waals surface area contributed by atoms with Crippen LogP contribution < -0.4 is 16.4 Å². The first-order valence-corrected chi connectivity index (χ1v) is 6.84. The molecule has 19 heavy (non-hydrogen) atoms. The topological polar surface area (TPSA) is 67.2 Å². The van der Waals surface area contributed by atoms with E-state index in [0.29, 0.717) is 11.7 Å². The lowest BCUT2D eigenvalue weighted by Gasteiger charge is -2.15. The zero-order valence-corrected chi connectivity index (χ0v) is 11.1. The highest BCUT2D eigenvalue weighted by Gasteiger charge is 2.27. The lowest BCUT2D eigenvalue weighted by molar-refractivity contribution is -0.110. The van der Waals surface area contributed by atoms with Crippen molar-refractivity contribution in [2.75, 3.05) is 11.1 Å². The summed E-state index contributed by atoms with van der Waals surface area (Å²) in [5.41, 5.74) is 9.94. The molecule has 1 aromatic rings. The van der Waals surface area contributed by atoms with Gasteiger partial charge in [-0.3, -0.25) is 4.79 Å². The van der Waals surface area contributed by atoms with Crippen molar-refractivity contribution in [1.82, 2.24) is 5.32 Å². The fraction of sp³-hybridized carbons (Fsp3) is 0.400. The molecule has 4 N–H and O–H groups in total. The zero-order valence-electron chi connectivity index (χ0n) is 11.1. The average Bonchev–Trinajstić information content (AvgIpc) is 2.95. The minimum absolute atomic E-state index is 0.0383. The van der Waals surface area contributed by atoms with Crippen molar-refractivity contribution in [3.05, 3.63) is 29.5 Å². The number of nitrogen functional groups attached to an aromatic ring is 1. The quantitative estimate of drug-likeness (QED) is 0.563. The number of nitrogens with one attached hydrogen (secondary N) is 2. The number of amides is 1. The summed E-state index contributed by atoms with van der Waals surface area (Å²) >= 11 is 0. The van der Waals surface area contributed by atoms with Crippen molar-refractivity contribution in [1.29, 1.82) is 0 Å². The molecule has 100 valence electrons. The molecular weight excluding hydrogens is 238 g/mol. The van der Waals surface area contributed by atoms with Crippen LogP contribution in [0.2, 0.25) is 0 Å². The Labute approximate surface area is 113 Å². The predicted octanol–water partition coefficient (Wildman–Crippen LogP) is 2.48. The van der Waals surface area contributed by atoms with Crippen LogP contribution in [-0.4, -0.2) is 11.9 Å². The van der Waals surface area contributed by atoms with Crippen molar-refractivity contribution in [2.24, 2.45) is 0 Å². The first kappa shape index (κ1) is 12.1. The van der Waals surface area contributed by atoms with Crippen LogP contribution in [0.3, 0.4) is 0 Å². The van der Waals surface area contributed by atoms with E-state index in [1.807, 2.05) is 25.1 Å². The van der Waals surface area contributed by atoms with Gasteiger partial charge in [0.2, 0.25) is 0 Å². The van der Waals surface area contributed by atoms with Gasteiger partial charge in [-0.25, -0.2) is 0 Å². The second kappa shape index (κ2) is 4.61. The highest BCUT2D eigenvalue weighted by atomic mass is 16.2. The van der Waals surface area contributed by atoms with Gasteiger partial charge in [0.05, 0.1) is 5.57 Å². The maximum absolute atomic E-state index is 12.1. The molecule has 0 radical (unpaired) electrons. The molecule has 0 atom stereocenters. The predicted molar refractivity (Wildman–Crippen MR) is 77.5 cm³/mol. The van der Waals surface area contributed by atoms with Gasteiger partial charge in [-0.1, -0.05) is 12.8 Å². The molecular formula is C15H19N3O. The standard InChI is InChI=1S/C15H19N3O/c1-9(17-11-4-2-3-5-11)14-12-8-10(16)6-7-13(12)18-15(14)19/h6-8,11,17H,2-5,16H2,1H3,(H,18,19)/b14-9-. The number of nitrogens with two attached hydrogens (primary N) is 1. The monoisotopic (exact) mass is 257 g/mol. The summed E-state index contributed by atoms with van der Waals surface area (Å²) in [7, 11) is 0. The largest absolute Gasteiger partial charge is 0.399 e. The Bertz CT molecular complexity index is 557. The maximum Gasteiger partial charge on any atom is 0.258 e. The van der Waals surface area contributed by atoms with E-state index in [0.717, 1.165) is 22.5 Å². The Kier molecular flexibility index (Phi) is 2.93. The van der Waals surface area contributed by atoms with Gasteiger partial charge >= 0.3 is 0 Å². The van der Waals surface area contributed by atoms with Gasteiger partial charge in [-0.2, -0.15) is 0 Å². The van der Waals surface area contributed by atoms with Gasteiger partial charge in [0.25, 0.3) is 5.91 Å². The van der Waals surface area contributed by atoms with Crippen LogP contribution in [-0.2, 0) is 4.79 Å². The number of fused-ring (bicyclic) bond motifs is 1. The molecule has 4 nitrogen and oxygen atoms in total. The Morgan fingerprint density at radius 1 is 1.37 bits per heavy atom. The smallest absolute Gasteiger partial charge is 0.258 e. The molecule has 0 unspecified atom stereocenters. The summed E-state index contributed by atoms with van der Waals surface area (Å²) in [6.07, 6.45) is 4.93. The van der Waals surface area contributed by atoms with Crippen molar-refractivity contribution in [2.45, 2.75) is 38.6 Å². The zero-order chi connectivity index (χ0) is 13.4. The third kappa shape index (κ3) is 2.18. The molecule has 1 fully saturated rings. The summed E-state index contributed by atoms with van der Waals surface area (Å²) in [6.45, 7) is 1.98. The van der Waals surface area contributed by atoms with Crippen molar-refractivity contribution >= 4 is 22.9 Å². The summed E-state index contributed by atoms with van der Waals surface area (Å²) in [5.74, 6) is -0.0383. The molecule has 1 amide bonds. The Balaban J connectivity index is 1.95. The molecule has 0 spiro atoms. The normalized spacial score (nSPS) is 21.2. The minimum atomic E-state index is -0.0383. The highest BCUT2D eigenvalue weighted by molar-refractivity contribution is 6.32. The molecule has 1 aliphatic carbocycles. The SMILES string of the molecule is C/C(NC1CCCC1)=C1/C(=O)Nc2ccc(N)cc21. The minimum Gasteiger partial charge on any atom is -0.399 e. The van der Waals surface area contributed by atoms with E-state index in [2.05, 4.69) is 10.6 Å². The van der Waals surface area contributed by atoms with Crippen LogP contribution in [0, 0.1) is 0 Å². The molecule has 0 aromatic heterocycles. The first-order valence-electron chi connectivity index (χ1n) is 6.84. The van der Waals surface area contributed by atoms with Gasteiger partial charge in [-0.05, 0) is 38.0 Å². The van der Waals surface area contributed by atoms with Gasteiger partial charge in [0.15, 0.2) is 0 Å². The summed E-state index contributed by atoms with van der Waals surface area (Å²) in [4.78, 5) is 12.1. The number of hydrogen-bond donors (Lipinski definition) is 3. The molecule has 0 bridgehead atoms. The van der Waals surface area contributed by atoms with Gasteiger partial charge in [0, 0.05) is 28.7 Å². The van der Waals surface area contributed by atoms with Gasteiger partial charge in [0.1, 0.15) is 0 Å². The molecule has 1 saturated carbocycles. The summed E-state index contributed by atoms with van der Waals surface area (Å²) in [5, 5.41) is 6.38. The highest BCUT2D eigenvalue weighted by Crippen LogP contribution is 2.35. The Hall–Kier alpha value is -1.97. The van der Waals surface area contributed by atoms with E-state index in [1.165, 1.54) is 25.7 Å². The van der Waals surface area contributed by atoms with Gasteiger partial charge < -0.3 is 16.4 Å². The third-order valence-electron chi connectivity index (χ3n) is 3.94.